The Balaban J connectivity index is 0. The number of hydrogen-bond acceptors (Lipinski definition) is 1. The summed E-state index contributed by atoms with van der Waals surface area (Å²) in [5.41, 5.74) is 0. The van der Waals surface area contributed by atoms with Crippen molar-refractivity contribution in [2.75, 3.05) is 0 Å². The van der Waals surface area contributed by atoms with Crippen LogP contribution in [0.4, 0.5) is 0 Å². The van der Waals surface area contributed by atoms with Crippen LogP contribution in [0.15, 0.2) is 0 Å². The van der Waals surface area contributed by atoms with Crippen LogP contribution >= 0.6 is 34.7 Å². The fraction of sp³-hybridized carbons (Fsp3) is 0. The molecule has 0 amide bonds. The van der Waals surface area contributed by atoms with E-state index in [1.165, 1.54) is 0 Å². The summed E-state index contributed by atoms with van der Waals surface area (Å²) in [5.74, 6) is 0. The van der Waals surface area contributed by atoms with Crippen LogP contribution in [0.25, 0.3) is 0 Å². The average Bonchev–Trinajstić information content (AvgIpc) is 0. The van der Waals surface area contributed by atoms with E-state index in [9.17, 15) is 0 Å². The van der Waals surface area contributed by atoms with Crippen LogP contribution in [0.5, 0.6) is 0 Å². The molecule has 0 heterocycles. The van der Waals surface area contributed by atoms with Crippen molar-refractivity contribution in [2.45, 2.75) is 0 Å². The van der Waals surface area contributed by atoms with Gasteiger partial charge in [0.2, 0.25) is 0 Å². The lowest BCUT2D eigenvalue weighted by Crippen LogP contribution is -0.481. The quantitative estimate of drug-likeness (QED) is 0.487. The number of rotatable bonds is 0. The average molecular weight is 121 g/mol. The second kappa shape index (κ2) is 37.2. The van der Waals surface area contributed by atoms with E-state index in [4.69, 9.17) is 0 Å². The summed E-state index contributed by atoms with van der Waals surface area (Å²) in [6.07, 6.45) is 0. The third kappa shape index (κ3) is 12.3. The molecule has 0 spiro atoms. The highest BCUT2D eigenvalue weighted by molar-refractivity contribution is 6.92. The van der Waals surface area contributed by atoms with Gasteiger partial charge in [-0.2, -0.15) is 0 Å². The second-order valence-electron chi connectivity index (χ2n) is 0. The monoisotopic (exact) mass is 120 g/mol. The van der Waals surface area contributed by atoms with Crippen LogP contribution in [0.3, 0.4) is 0 Å². The van der Waals surface area contributed by atoms with Crippen LogP contribution in [0.1, 0.15) is 0 Å². The smallest absolute Gasteiger partial charge is 0 e. The Morgan fingerprint density at radius 1 is 0.750 bits per heavy atom. The van der Waals surface area contributed by atoms with Gasteiger partial charge in [0.15, 0.2) is 0 Å². The Kier molecular flexibility index (Phi) is 775. The second-order valence-corrected chi connectivity index (χ2v) is 0. The lowest BCUT2D eigenvalue weighted by molar-refractivity contribution is 2.13. The topological polar surface area (TPSA) is 35.0 Å². The number of halogens is 2. The van der Waals surface area contributed by atoms with Crippen molar-refractivity contribution in [3.8, 4) is 0 Å². The van der Waals surface area contributed by atoms with Gasteiger partial charge in [0.25, 0.3) is 0 Å². The van der Waals surface area contributed by atoms with E-state index in [0.717, 1.165) is 0 Å². The van der Waals surface area contributed by atoms with Gasteiger partial charge in [-0.05, 0) is 0 Å². The summed E-state index contributed by atoms with van der Waals surface area (Å²) in [6, 6.07) is 0. The highest BCUT2D eigenvalue weighted by Gasteiger charge is 0.0000167. The summed E-state index contributed by atoms with van der Waals surface area (Å²) in [6.45, 7) is 0. The van der Waals surface area contributed by atoms with Crippen LogP contribution < -0.4 is 6.15 Å². The number of hydrogen-bond donors (Lipinski definition) is 1. The minimum absolute atomic E-state index is 0. The molecule has 0 saturated heterocycles. The highest BCUT2D eigenvalue weighted by atomic mass is 35.5. The molecule has 4 heavy (non-hydrogen) atoms. The molecule has 0 aliphatic carbocycles. The summed E-state index contributed by atoms with van der Waals surface area (Å²) in [4.78, 5) is 0. The van der Waals surface area contributed by atoms with E-state index in [1.807, 2.05) is 0 Å². The Morgan fingerprint density at radius 2 is 0.750 bits per heavy atom. The van der Waals surface area contributed by atoms with Gasteiger partial charge in [-0.3, -0.25) is 0 Å². The molecule has 3 N–H and O–H groups in total. The third-order valence-electron chi connectivity index (χ3n) is 0. The zero-order valence-electron chi connectivity index (χ0n) is 1.97. The largest absolute Gasteiger partial charge is 0.344 e. The Bertz CT molecular complexity index is 6.00. The Hall–Kier alpha value is 0.970. The summed E-state index contributed by atoms with van der Waals surface area (Å²) in [7, 11) is 0. The van der Waals surface area contributed by atoms with Crippen LogP contribution in [-0.4, -0.2) is 0 Å². The van der Waals surface area contributed by atoms with Crippen molar-refractivity contribution >= 4 is 34.7 Å². The first kappa shape index (κ1) is 83.3. The van der Waals surface area contributed by atoms with E-state index in [2.05, 4.69) is 0 Å². The van der Waals surface area contributed by atoms with Crippen LogP contribution in [0.2, 0.25) is 0 Å². The van der Waals surface area contributed by atoms with Crippen LogP contribution in [0, 0.1) is 0 Å². The van der Waals surface area contributed by atoms with Gasteiger partial charge >= 0.3 is 0 Å². The molecule has 0 aromatic carbocycles. The predicted molar refractivity (Wildman–Crippen MR) is 26.4 cm³/mol. The molecule has 1 nitrogen and oxygen atoms in total. The van der Waals surface area contributed by atoms with E-state index >= 15 is 0 Å². The normalized spacial score (nSPS) is 0. The Morgan fingerprint density at radius 3 is 0.750 bits per heavy atom. The molecule has 0 saturated carbocycles. The minimum Gasteiger partial charge on any atom is -0.344 e. The molecule has 0 rings (SSSR count). The van der Waals surface area contributed by atoms with Gasteiger partial charge < -0.3 is 6.15 Å². The zero-order chi connectivity index (χ0) is 0. The molecule has 0 unspecified atom stereocenters. The molecule has 0 aromatic rings. The van der Waals surface area contributed by atoms with Crippen molar-refractivity contribution in [3.05, 3.63) is 0 Å². The molecule has 3 radical (unpaired) electrons. The van der Waals surface area contributed by atoms with Crippen molar-refractivity contribution in [1.82, 2.24) is 6.15 Å². The minimum atomic E-state index is 0. The molecular formula is H5Cl2NP. The fourth-order valence-electron chi connectivity index (χ4n) is 0. The van der Waals surface area contributed by atoms with Crippen LogP contribution in [-0.2, 0) is 0 Å². The molecule has 0 atom stereocenters. The Labute approximate surface area is 41.6 Å². The summed E-state index contributed by atoms with van der Waals surface area (Å²) in [5, 5.41) is 0. The molecule has 0 aliphatic rings. The first-order chi connectivity index (χ1) is 0. The lowest BCUT2D eigenvalue weighted by atomic mass is 14.0. The maximum Gasteiger partial charge on any atom is 0 e. The van der Waals surface area contributed by atoms with Gasteiger partial charge in [0.05, 0.1) is 0 Å². The molecule has 4 heteroatoms. The molecule has 0 bridgehead atoms. The van der Waals surface area contributed by atoms with E-state index < -0.39 is 0 Å². The van der Waals surface area contributed by atoms with E-state index in [-0.39, 0.29) is 40.9 Å². The molecule has 0 fully saturated rings. The first-order valence-corrected chi connectivity index (χ1v) is 0. The molecular weight excluding hydrogens is 116 g/mol. The maximum absolute atomic E-state index is 0. The van der Waals surface area contributed by atoms with E-state index in [1.54, 1.807) is 0 Å². The van der Waals surface area contributed by atoms with Gasteiger partial charge in [0.1, 0.15) is 0 Å². The predicted octanol–water partition coefficient (Wildman–Crippen LogP) is 1.87. The van der Waals surface area contributed by atoms with Crippen molar-refractivity contribution < 1.29 is 0 Å². The van der Waals surface area contributed by atoms with Gasteiger partial charge in [-0.1, -0.05) is 0 Å². The summed E-state index contributed by atoms with van der Waals surface area (Å²) < 4.78 is 0. The molecule has 0 aliphatic heterocycles. The maximum atomic E-state index is 0. The summed E-state index contributed by atoms with van der Waals surface area (Å²) >= 11 is 0. The molecule has 29 valence electrons. The van der Waals surface area contributed by atoms with Gasteiger partial charge in [0, 0.05) is 9.90 Å². The zero-order valence-corrected chi connectivity index (χ0v) is 4.50. The van der Waals surface area contributed by atoms with Gasteiger partial charge in [-0.25, -0.2) is 0 Å². The lowest BCUT2D eigenvalue weighted by Gasteiger charge is -0.344. The van der Waals surface area contributed by atoms with Crippen molar-refractivity contribution in [1.29, 1.82) is 0 Å². The van der Waals surface area contributed by atoms with Crippen molar-refractivity contribution in [3.63, 3.8) is 0 Å². The molecule has 0 aromatic heterocycles. The third-order valence-corrected chi connectivity index (χ3v) is 0. The highest BCUT2D eigenvalue weighted by Crippen LogP contribution is 0.861. The van der Waals surface area contributed by atoms with Gasteiger partial charge in [-0.15, -0.1) is 24.8 Å². The SMILES string of the molecule is Cl.Cl.N.[P]. The standard InChI is InChI=1S/2ClH.H3N.P/h2*1H;1H3;. The first-order valence-electron chi connectivity index (χ1n) is 0. The van der Waals surface area contributed by atoms with E-state index in [0.29, 0.717) is 0 Å². The fourth-order valence-corrected chi connectivity index (χ4v) is 0. The van der Waals surface area contributed by atoms with Crippen molar-refractivity contribution in [2.24, 2.45) is 0 Å².